The molecule has 2 aromatic heterocycles. The number of nitrogens with zero attached hydrogens (tertiary/aromatic N) is 1. The lowest BCUT2D eigenvalue weighted by Gasteiger charge is -2.22. The van der Waals surface area contributed by atoms with E-state index in [0.29, 0.717) is 5.92 Å². The van der Waals surface area contributed by atoms with Gasteiger partial charge < -0.3 is 0 Å². The van der Waals surface area contributed by atoms with Crippen molar-refractivity contribution < 1.29 is 0 Å². The van der Waals surface area contributed by atoms with Crippen LogP contribution in [0.25, 0.3) is 42.6 Å². The van der Waals surface area contributed by atoms with Crippen LogP contribution in [0.1, 0.15) is 78.0 Å². The molecule has 0 saturated carbocycles. The number of thiophene rings is 1. The molecule has 0 N–H and O–H groups in total. The van der Waals surface area contributed by atoms with Crippen LogP contribution in [0.4, 0.5) is 0 Å². The molecule has 0 aliphatic rings. The Hall–Kier alpha value is -2.97. The molecular weight excluding hydrogens is 454 g/mol. The lowest BCUT2D eigenvalue weighted by atomic mass is 9.82. The Labute approximate surface area is 220 Å². The molecular formula is C34H37NS. The Morgan fingerprint density at radius 1 is 0.722 bits per heavy atom. The fraction of sp³-hybridized carbons (Fsp3) is 0.324. The highest BCUT2D eigenvalue weighted by molar-refractivity contribution is 7.23. The smallest absolute Gasteiger partial charge is 0.0880 e. The fourth-order valence-corrected chi connectivity index (χ4v) is 6.69. The van der Waals surface area contributed by atoms with Gasteiger partial charge in [-0.1, -0.05) is 104 Å². The first-order valence-corrected chi connectivity index (χ1v) is 13.8. The molecule has 5 aromatic rings. The average Bonchev–Trinajstić information content (AvgIpc) is 3.22. The predicted molar refractivity (Wildman–Crippen MR) is 159 cm³/mol. The molecule has 0 bridgehead atoms. The zero-order valence-electron chi connectivity index (χ0n) is 22.9. The summed E-state index contributed by atoms with van der Waals surface area (Å²) in [5.74, 6) is 0.424. The van der Waals surface area contributed by atoms with Crippen LogP contribution in [0.5, 0.6) is 0 Å². The molecule has 36 heavy (non-hydrogen) atoms. The third-order valence-corrected chi connectivity index (χ3v) is 8.45. The zero-order valence-corrected chi connectivity index (χ0v) is 23.7. The topological polar surface area (TPSA) is 12.9 Å². The van der Waals surface area contributed by atoms with Gasteiger partial charge in [-0.05, 0) is 68.0 Å². The third kappa shape index (κ3) is 4.37. The van der Waals surface area contributed by atoms with Crippen LogP contribution >= 0.6 is 11.3 Å². The molecule has 2 heterocycles. The first-order chi connectivity index (χ1) is 16.9. The van der Waals surface area contributed by atoms with Crippen molar-refractivity contribution in [1.29, 1.82) is 0 Å². The standard InChI is InChI=1S/C34H37NS/c1-21(2)29-27-17-18-35-30(24-19-23-11-9-10-12-26(23)28(20-24)34(6,7)8)32(27)36-31(29)22-13-15-25(16-14-22)33(3,4)5/h9-21H,1-8H3. The van der Waals surface area contributed by atoms with Crippen molar-refractivity contribution in [2.24, 2.45) is 0 Å². The maximum Gasteiger partial charge on any atom is 0.0880 e. The van der Waals surface area contributed by atoms with Gasteiger partial charge in [-0.25, -0.2) is 0 Å². The van der Waals surface area contributed by atoms with Crippen LogP contribution in [0.2, 0.25) is 0 Å². The lowest BCUT2D eigenvalue weighted by Crippen LogP contribution is -2.12. The highest BCUT2D eigenvalue weighted by Crippen LogP contribution is 2.46. The Morgan fingerprint density at radius 2 is 1.42 bits per heavy atom. The summed E-state index contributed by atoms with van der Waals surface area (Å²) in [6.07, 6.45) is 1.99. The Bertz CT molecular complexity index is 1550. The van der Waals surface area contributed by atoms with Gasteiger partial charge in [0, 0.05) is 22.0 Å². The van der Waals surface area contributed by atoms with Gasteiger partial charge in [0.25, 0.3) is 0 Å². The molecule has 184 valence electrons. The fourth-order valence-electron chi connectivity index (χ4n) is 5.23. The number of fused-ring (bicyclic) bond motifs is 2. The van der Waals surface area contributed by atoms with Crippen molar-refractivity contribution in [3.05, 3.63) is 89.6 Å². The molecule has 0 aliphatic carbocycles. The quantitative estimate of drug-likeness (QED) is 0.244. The summed E-state index contributed by atoms with van der Waals surface area (Å²) in [7, 11) is 0. The van der Waals surface area contributed by atoms with Crippen LogP contribution in [-0.4, -0.2) is 4.98 Å². The number of hydrogen-bond donors (Lipinski definition) is 0. The maximum absolute atomic E-state index is 4.97. The summed E-state index contributed by atoms with van der Waals surface area (Å²) in [5, 5.41) is 3.94. The molecule has 0 saturated heterocycles. The van der Waals surface area contributed by atoms with E-state index in [2.05, 4.69) is 122 Å². The van der Waals surface area contributed by atoms with E-state index in [1.165, 1.54) is 53.6 Å². The SMILES string of the molecule is CC(C)c1c(-c2ccc(C(C)(C)C)cc2)sc2c(-c3cc(C(C)(C)C)c4ccccc4c3)nccc12. The normalized spacial score (nSPS) is 12.7. The average molecular weight is 492 g/mol. The molecule has 0 atom stereocenters. The molecule has 0 spiro atoms. The second-order valence-corrected chi connectivity index (χ2v) is 13.4. The van der Waals surface area contributed by atoms with Gasteiger partial charge in [0.15, 0.2) is 0 Å². The van der Waals surface area contributed by atoms with E-state index in [4.69, 9.17) is 4.98 Å². The first kappa shape index (κ1) is 24.7. The van der Waals surface area contributed by atoms with Crippen LogP contribution in [0.3, 0.4) is 0 Å². The Kier molecular flexibility index (Phi) is 6.08. The highest BCUT2D eigenvalue weighted by Gasteiger charge is 2.23. The van der Waals surface area contributed by atoms with E-state index < -0.39 is 0 Å². The maximum atomic E-state index is 4.97. The monoisotopic (exact) mass is 491 g/mol. The summed E-state index contributed by atoms with van der Waals surface area (Å²) in [4.78, 5) is 6.34. The van der Waals surface area contributed by atoms with E-state index >= 15 is 0 Å². The number of hydrogen-bond acceptors (Lipinski definition) is 2. The Balaban J connectivity index is 1.75. The molecule has 5 rings (SSSR count). The number of benzene rings is 3. The van der Waals surface area contributed by atoms with E-state index in [9.17, 15) is 0 Å². The molecule has 0 radical (unpaired) electrons. The summed E-state index contributed by atoms with van der Waals surface area (Å²) in [5.41, 5.74) is 7.95. The van der Waals surface area contributed by atoms with Crippen molar-refractivity contribution in [2.45, 2.75) is 72.1 Å². The van der Waals surface area contributed by atoms with E-state index in [-0.39, 0.29) is 10.8 Å². The minimum atomic E-state index is 0.0437. The summed E-state index contributed by atoms with van der Waals surface area (Å²) < 4.78 is 1.28. The van der Waals surface area contributed by atoms with Crippen molar-refractivity contribution in [1.82, 2.24) is 4.98 Å². The first-order valence-electron chi connectivity index (χ1n) is 13.0. The molecule has 0 aliphatic heterocycles. The molecule has 2 heteroatoms. The van der Waals surface area contributed by atoms with Crippen molar-refractivity contribution in [2.75, 3.05) is 0 Å². The molecule has 1 nitrogen and oxygen atoms in total. The molecule has 0 fully saturated rings. The summed E-state index contributed by atoms with van der Waals surface area (Å²) >= 11 is 1.90. The van der Waals surface area contributed by atoms with E-state index in [0.717, 1.165) is 5.69 Å². The predicted octanol–water partition coefficient (Wildman–Crippen LogP) is 10.5. The minimum absolute atomic E-state index is 0.0437. The molecule has 3 aromatic carbocycles. The second kappa shape index (κ2) is 8.85. The van der Waals surface area contributed by atoms with E-state index in [1.807, 2.05) is 17.5 Å². The van der Waals surface area contributed by atoms with Gasteiger partial charge in [0.2, 0.25) is 0 Å². The van der Waals surface area contributed by atoms with Gasteiger partial charge in [-0.3, -0.25) is 4.98 Å². The molecule has 0 unspecified atom stereocenters. The molecule has 0 amide bonds. The third-order valence-electron chi connectivity index (χ3n) is 7.18. The highest BCUT2D eigenvalue weighted by atomic mass is 32.1. The van der Waals surface area contributed by atoms with Gasteiger partial charge >= 0.3 is 0 Å². The van der Waals surface area contributed by atoms with Crippen LogP contribution < -0.4 is 0 Å². The zero-order chi connectivity index (χ0) is 25.8. The van der Waals surface area contributed by atoms with E-state index in [1.54, 1.807) is 0 Å². The second-order valence-electron chi connectivity index (χ2n) is 12.4. The summed E-state index contributed by atoms with van der Waals surface area (Å²) in [6, 6.07) is 24.8. The van der Waals surface area contributed by atoms with Crippen molar-refractivity contribution in [3.63, 3.8) is 0 Å². The van der Waals surface area contributed by atoms with Gasteiger partial charge in [0.05, 0.1) is 10.4 Å². The minimum Gasteiger partial charge on any atom is -0.255 e. The van der Waals surface area contributed by atoms with Gasteiger partial charge in [-0.2, -0.15) is 0 Å². The number of pyridine rings is 1. The van der Waals surface area contributed by atoms with Gasteiger partial charge in [-0.15, -0.1) is 11.3 Å². The van der Waals surface area contributed by atoms with Crippen LogP contribution in [-0.2, 0) is 10.8 Å². The lowest BCUT2D eigenvalue weighted by molar-refractivity contribution is 0.590. The largest absolute Gasteiger partial charge is 0.255 e. The number of rotatable bonds is 3. The van der Waals surface area contributed by atoms with Crippen LogP contribution in [0.15, 0.2) is 72.9 Å². The van der Waals surface area contributed by atoms with Crippen LogP contribution in [0, 0.1) is 0 Å². The van der Waals surface area contributed by atoms with Gasteiger partial charge in [0.1, 0.15) is 0 Å². The van der Waals surface area contributed by atoms with Crippen molar-refractivity contribution >= 4 is 32.2 Å². The summed E-state index contributed by atoms with van der Waals surface area (Å²) in [6.45, 7) is 18.3. The van der Waals surface area contributed by atoms with Crippen molar-refractivity contribution in [3.8, 4) is 21.7 Å². The Morgan fingerprint density at radius 3 is 2.06 bits per heavy atom. The number of aromatic nitrogens is 1.